The van der Waals surface area contributed by atoms with E-state index in [4.69, 9.17) is 0 Å². The molecule has 0 aliphatic heterocycles. The first-order valence-electron chi connectivity index (χ1n) is 6.69. The standard InChI is InChI=1S/C13H21N7S.HI/c1-9-17-18-12(20(9)5)6-15-13(14-3)19(4)7-11-8-21-10(2)16-11;/h8H,6-7H2,1-5H3,(H,14,15);1H. The van der Waals surface area contributed by atoms with Crippen LogP contribution >= 0.6 is 35.3 Å². The number of halogens is 1. The summed E-state index contributed by atoms with van der Waals surface area (Å²) in [5.41, 5.74) is 1.05. The highest BCUT2D eigenvalue weighted by Gasteiger charge is 2.10. The lowest BCUT2D eigenvalue weighted by Crippen LogP contribution is -2.38. The van der Waals surface area contributed by atoms with Gasteiger partial charge in [-0.1, -0.05) is 0 Å². The fourth-order valence-electron chi connectivity index (χ4n) is 1.95. The first kappa shape index (κ1) is 18.8. The molecule has 2 aromatic heterocycles. The smallest absolute Gasteiger partial charge is 0.194 e. The summed E-state index contributed by atoms with van der Waals surface area (Å²) in [6.07, 6.45) is 0. The Labute approximate surface area is 151 Å². The van der Waals surface area contributed by atoms with E-state index in [9.17, 15) is 0 Å². The highest BCUT2D eigenvalue weighted by atomic mass is 127. The first-order valence-corrected chi connectivity index (χ1v) is 7.57. The van der Waals surface area contributed by atoms with E-state index in [1.165, 1.54) is 0 Å². The van der Waals surface area contributed by atoms with Gasteiger partial charge in [0.05, 0.1) is 23.8 Å². The van der Waals surface area contributed by atoms with Gasteiger partial charge in [0.15, 0.2) is 11.8 Å². The van der Waals surface area contributed by atoms with Crippen molar-refractivity contribution in [3.8, 4) is 0 Å². The zero-order valence-corrected chi connectivity index (χ0v) is 16.6. The molecule has 0 radical (unpaired) electrons. The maximum Gasteiger partial charge on any atom is 0.194 e. The van der Waals surface area contributed by atoms with Crippen molar-refractivity contribution in [1.29, 1.82) is 0 Å². The highest BCUT2D eigenvalue weighted by molar-refractivity contribution is 14.0. The van der Waals surface area contributed by atoms with E-state index in [1.807, 2.05) is 37.4 Å². The van der Waals surface area contributed by atoms with Crippen molar-refractivity contribution in [2.45, 2.75) is 26.9 Å². The minimum atomic E-state index is 0. The van der Waals surface area contributed by atoms with Crippen molar-refractivity contribution < 1.29 is 0 Å². The summed E-state index contributed by atoms with van der Waals surface area (Å²) in [6, 6.07) is 0. The number of aryl methyl sites for hydroxylation is 2. The van der Waals surface area contributed by atoms with Gasteiger partial charge in [-0.25, -0.2) is 4.98 Å². The largest absolute Gasteiger partial charge is 0.349 e. The van der Waals surface area contributed by atoms with E-state index in [-0.39, 0.29) is 24.0 Å². The zero-order valence-electron chi connectivity index (χ0n) is 13.5. The molecular weight excluding hydrogens is 413 g/mol. The van der Waals surface area contributed by atoms with E-state index >= 15 is 0 Å². The molecule has 0 aliphatic carbocycles. The monoisotopic (exact) mass is 435 g/mol. The molecule has 7 nitrogen and oxygen atoms in total. The molecule has 9 heteroatoms. The van der Waals surface area contributed by atoms with E-state index in [2.05, 4.69) is 30.9 Å². The van der Waals surface area contributed by atoms with Crippen molar-refractivity contribution in [1.82, 2.24) is 30.0 Å². The van der Waals surface area contributed by atoms with E-state index in [0.717, 1.165) is 34.9 Å². The van der Waals surface area contributed by atoms with Gasteiger partial charge in [0.1, 0.15) is 5.82 Å². The lowest BCUT2D eigenvalue weighted by atomic mass is 10.4. The topological polar surface area (TPSA) is 71.2 Å². The van der Waals surface area contributed by atoms with Crippen LogP contribution in [0.25, 0.3) is 0 Å². The molecule has 22 heavy (non-hydrogen) atoms. The fourth-order valence-corrected chi connectivity index (χ4v) is 2.55. The van der Waals surface area contributed by atoms with Gasteiger partial charge in [0.25, 0.3) is 0 Å². The minimum Gasteiger partial charge on any atom is -0.349 e. The van der Waals surface area contributed by atoms with E-state index in [1.54, 1.807) is 18.4 Å². The van der Waals surface area contributed by atoms with Crippen LogP contribution < -0.4 is 5.32 Å². The quantitative estimate of drug-likeness (QED) is 0.450. The Balaban J connectivity index is 0.00000242. The zero-order chi connectivity index (χ0) is 15.4. The Bertz CT molecular complexity index is 634. The Morgan fingerprint density at radius 3 is 2.64 bits per heavy atom. The number of thiazole rings is 1. The van der Waals surface area contributed by atoms with Crippen molar-refractivity contribution in [2.24, 2.45) is 12.0 Å². The van der Waals surface area contributed by atoms with Crippen LogP contribution in [0, 0.1) is 13.8 Å². The number of aliphatic imine (C=N–C) groups is 1. The molecule has 0 atom stereocenters. The van der Waals surface area contributed by atoms with E-state index in [0.29, 0.717) is 6.54 Å². The van der Waals surface area contributed by atoms with Gasteiger partial charge >= 0.3 is 0 Å². The summed E-state index contributed by atoms with van der Waals surface area (Å²) in [5, 5.41) is 14.6. The molecule has 0 saturated heterocycles. The maximum atomic E-state index is 4.47. The number of aromatic nitrogens is 4. The van der Waals surface area contributed by atoms with Crippen molar-refractivity contribution in [3.05, 3.63) is 27.7 Å². The number of rotatable bonds is 4. The molecule has 122 valence electrons. The summed E-state index contributed by atoms with van der Waals surface area (Å²) in [7, 11) is 5.72. The van der Waals surface area contributed by atoms with Gasteiger partial charge < -0.3 is 14.8 Å². The second kappa shape index (κ2) is 8.42. The normalized spacial score (nSPS) is 11.2. The van der Waals surface area contributed by atoms with Gasteiger partial charge in [-0.2, -0.15) is 0 Å². The molecule has 0 unspecified atom stereocenters. The fraction of sp³-hybridized carbons (Fsp3) is 0.538. The minimum absolute atomic E-state index is 0. The van der Waals surface area contributed by atoms with Crippen LogP contribution in [0.15, 0.2) is 10.4 Å². The Morgan fingerprint density at radius 1 is 1.41 bits per heavy atom. The third kappa shape index (κ3) is 4.63. The molecular formula is C13H22IN7S. The number of hydrogen-bond donors (Lipinski definition) is 1. The molecule has 2 heterocycles. The molecule has 0 bridgehead atoms. The van der Waals surface area contributed by atoms with E-state index < -0.39 is 0 Å². The van der Waals surface area contributed by atoms with Crippen LogP contribution in [-0.4, -0.2) is 44.7 Å². The molecule has 0 saturated carbocycles. The third-order valence-corrected chi connectivity index (χ3v) is 4.05. The second-order valence-electron chi connectivity index (χ2n) is 4.84. The molecule has 0 spiro atoms. The van der Waals surface area contributed by atoms with Gasteiger partial charge in [0.2, 0.25) is 0 Å². The maximum absolute atomic E-state index is 4.47. The highest BCUT2D eigenvalue weighted by Crippen LogP contribution is 2.09. The van der Waals surface area contributed by atoms with Crippen LogP contribution in [0.3, 0.4) is 0 Å². The predicted octanol–water partition coefficient (Wildman–Crippen LogP) is 1.71. The summed E-state index contributed by atoms with van der Waals surface area (Å²) in [4.78, 5) is 10.8. The van der Waals surface area contributed by atoms with Crippen LogP contribution in [-0.2, 0) is 20.1 Å². The van der Waals surface area contributed by atoms with Crippen LogP contribution in [0.5, 0.6) is 0 Å². The van der Waals surface area contributed by atoms with Gasteiger partial charge in [-0.15, -0.1) is 45.5 Å². The molecule has 1 N–H and O–H groups in total. The first-order chi connectivity index (χ1) is 10.0. The summed E-state index contributed by atoms with van der Waals surface area (Å²) < 4.78 is 1.96. The summed E-state index contributed by atoms with van der Waals surface area (Å²) in [5.74, 6) is 2.58. The van der Waals surface area contributed by atoms with Crippen LogP contribution in [0.2, 0.25) is 0 Å². The number of nitrogens with one attached hydrogen (secondary N) is 1. The molecule has 0 aromatic carbocycles. The van der Waals surface area contributed by atoms with Crippen molar-refractivity contribution >= 4 is 41.3 Å². The molecule has 0 aliphatic rings. The predicted molar refractivity (Wildman–Crippen MR) is 99.7 cm³/mol. The van der Waals surface area contributed by atoms with Crippen LogP contribution in [0.1, 0.15) is 22.4 Å². The van der Waals surface area contributed by atoms with Gasteiger partial charge in [0, 0.05) is 26.5 Å². The lowest BCUT2D eigenvalue weighted by molar-refractivity contribution is 0.468. The Hall–Kier alpha value is -1.23. The van der Waals surface area contributed by atoms with Gasteiger partial charge in [-0.05, 0) is 13.8 Å². The Morgan fingerprint density at radius 2 is 2.14 bits per heavy atom. The number of hydrogen-bond acceptors (Lipinski definition) is 5. The molecule has 0 fully saturated rings. The summed E-state index contributed by atoms with van der Waals surface area (Å²) >= 11 is 1.66. The molecule has 2 aromatic rings. The molecule has 2 rings (SSSR count). The SMILES string of the molecule is CN=C(NCc1nnc(C)n1C)N(C)Cc1csc(C)n1.I. The number of nitrogens with zero attached hydrogens (tertiary/aromatic N) is 6. The van der Waals surface area contributed by atoms with Crippen LogP contribution in [0.4, 0.5) is 0 Å². The molecule has 0 amide bonds. The average Bonchev–Trinajstić information content (AvgIpc) is 2.99. The average molecular weight is 435 g/mol. The van der Waals surface area contributed by atoms with Crippen molar-refractivity contribution in [3.63, 3.8) is 0 Å². The third-order valence-electron chi connectivity index (χ3n) is 3.23. The Kier molecular flexibility index (Phi) is 7.20. The number of guanidine groups is 1. The van der Waals surface area contributed by atoms with Gasteiger partial charge in [-0.3, -0.25) is 4.99 Å². The van der Waals surface area contributed by atoms with Crippen molar-refractivity contribution in [2.75, 3.05) is 14.1 Å². The lowest BCUT2D eigenvalue weighted by Gasteiger charge is -2.21. The summed E-state index contributed by atoms with van der Waals surface area (Å²) in [6.45, 7) is 5.26. The second-order valence-corrected chi connectivity index (χ2v) is 5.90.